The Morgan fingerprint density at radius 2 is 1.17 bits per heavy atom. The van der Waals surface area contributed by atoms with Crippen molar-refractivity contribution in [3.63, 3.8) is 0 Å². The van der Waals surface area contributed by atoms with Crippen LogP contribution in [0.5, 0.6) is 11.5 Å². The monoisotopic (exact) mass is 1020 g/mol. The average Bonchev–Trinajstić information content (AvgIpc) is 3.86. The molecule has 0 bridgehead atoms. The SMILES string of the molecule is CN1[CH-]N2c3[c-]c(Oc4[c-]c5c(cc4)c4ccccc4n5-c4ccccn4)ccc3C3(c4cccc1c42)c1c(-c2ccccc2)cccc1C(C)(C)c1cccc(-c2ccccc2)c13.[Pt]. The number of benzene rings is 8. The Bertz CT molecular complexity index is 3410. The van der Waals surface area contributed by atoms with Crippen molar-refractivity contribution in [3.05, 3.63) is 240 Å². The van der Waals surface area contributed by atoms with Crippen LogP contribution < -0.4 is 14.5 Å². The minimum atomic E-state index is -0.765. The second-order valence-electron chi connectivity index (χ2n) is 17.6. The van der Waals surface area contributed by atoms with Crippen molar-refractivity contribution in [2.24, 2.45) is 0 Å². The predicted molar refractivity (Wildman–Crippen MR) is 259 cm³/mol. The number of hydrogen-bond acceptors (Lipinski definition) is 4. The molecule has 5 nitrogen and oxygen atoms in total. The van der Waals surface area contributed by atoms with E-state index in [4.69, 9.17) is 9.72 Å². The molecule has 13 rings (SSSR count). The summed E-state index contributed by atoms with van der Waals surface area (Å²) in [5, 5.41) is 2.23. The summed E-state index contributed by atoms with van der Waals surface area (Å²) in [5.74, 6) is 2.04. The normalized spacial score (nSPS) is 14.7. The van der Waals surface area contributed by atoms with E-state index in [2.05, 4.69) is 212 Å². The Balaban J connectivity index is 0.00000444. The minimum Gasteiger partial charge on any atom is -0.509 e. The van der Waals surface area contributed by atoms with Gasteiger partial charge in [-0.25, -0.2) is 4.98 Å². The molecule has 65 heavy (non-hydrogen) atoms. The molecule has 0 atom stereocenters. The Labute approximate surface area is 393 Å². The fraction of sp³-hybridized carbons (Fsp3) is 0.0847. The van der Waals surface area contributed by atoms with Gasteiger partial charge in [-0.05, 0) is 86.8 Å². The van der Waals surface area contributed by atoms with Gasteiger partial charge >= 0.3 is 0 Å². The van der Waals surface area contributed by atoms with Gasteiger partial charge in [-0.3, -0.25) is 0 Å². The number of anilines is 3. The van der Waals surface area contributed by atoms with Gasteiger partial charge in [-0.1, -0.05) is 159 Å². The molecule has 0 N–H and O–H groups in total. The first kappa shape index (κ1) is 39.4. The molecule has 0 radical (unpaired) electrons. The van der Waals surface area contributed by atoms with Crippen molar-refractivity contribution in [1.29, 1.82) is 0 Å². The first-order valence-corrected chi connectivity index (χ1v) is 21.9. The van der Waals surface area contributed by atoms with Crippen LogP contribution >= 0.6 is 0 Å². The topological polar surface area (TPSA) is 33.5 Å². The van der Waals surface area contributed by atoms with Crippen LogP contribution in [0.4, 0.5) is 17.1 Å². The maximum Gasteiger partial charge on any atom is 0.135 e. The molecular weight excluding hydrogens is 976 g/mol. The number of para-hydroxylation sites is 2. The van der Waals surface area contributed by atoms with E-state index in [0.717, 1.165) is 50.2 Å². The van der Waals surface area contributed by atoms with Gasteiger partial charge in [0.2, 0.25) is 0 Å². The number of rotatable bonds is 5. The van der Waals surface area contributed by atoms with E-state index < -0.39 is 5.41 Å². The summed E-state index contributed by atoms with van der Waals surface area (Å²) in [6, 6.07) is 73.2. The van der Waals surface area contributed by atoms with Gasteiger partial charge in [0.1, 0.15) is 5.82 Å². The molecule has 0 unspecified atom stereocenters. The molecular formula is C59H41N4OPt-3. The minimum absolute atomic E-state index is 0. The average molecular weight is 1020 g/mol. The zero-order valence-electron chi connectivity index (χ0n) is 36.0. The second-order valence-corrected chi connectivity index (χ2v) is 17.6. The van der Waals surface area contributed by atoms with Crippen LogP contribution in [0.15, 0.2) is 188 Å². The number of ether oxygens (including phenoxy) is 1. The van der Waals surface area contributed by atoms with Crippen molar-refractivity contribution < 1.29 is 25.8 Å². The van der Waals surface area contributed by atoms with Crippen LogP contribution in [0.1, 0.15) is 47.2 Å². The maximum absolute atomic E-state index is 6.90. The van der Waals surface area contributed by atoms with Crippen molar-refractivity contribution in [2.75, 3.05) is 16.8 Å². The molecule has 0 saturated heterocycles. The van der Waals surface area contributed by atoms with Crippen LogP contribution in [0.3, 0.4) is 0 Å². The van der Waals surface area contributed by atoms with Crippen LogP contribution in [-0.2, 0) is 31.9 Å². The third-order valence-corrected chi connectivity index (χ3v) is 13.9. The third kappa shape index (κ3) is 5.52. The summed E-state index contributed by atoms with van der Waals surface area (Å²) in [4.78, 5) is 9.32. The summed E-state index contributed by atoms with van der Waals surface area (Å²) in [5.41, 5.74) is 16.6. The summed E-state index contributed by atoms with van der Waals surface area (Å²) in [7, 11) is 2.14. The van der Waals surface area contributed by atoms with Gasteiger partial charge in [-0.15, -0.1) is 35.2 Å². The molecule has 316 valence electrons. The van der Waals surface area contributed by atoms with Gasteiger partial charge in [0, 0.05) is 66.5 Å². The number of pyridine rings is 1. The fourth-order valence-corrected chi connectivity index (χ4v) is 11.3. The number of aromatic nitrogens is 2. The van der Waals surface area contributed by atoms with Gasteiger partial charge in [0.25, 0.3) is 0 Å². The molecule has 3 aliphatic rings. The fourth-order valence-electron chi connectivity index (χ4n) is 11.3. The first-order valence-electron chi connectivity index (χ1n) is 21.9. The zero-order valence-corrected chi connectivity index (χ0v) is 38.3. The van der Waals surface area contributed by atoms with Gasteiger partial charge in [0.15, 0.2) is 0 Å². The van der Waals surface area contributed by atoms with Crippen molar-refractivity contribution >= 4 is 38.9 Å². The van der Waals surface area contributed by atoms with Gasteiger partial charge < -0.3 is 19.1 Å². The van der Waals surface area contributed by atoms with Crippen molar-refractivity contribution in [3.8, 4) is 39.6 Å². The van der Waals surface area contributed by atoms with E-state index >= 15 is 0 Å². The van der Waals surface area contributed by atoms with Crippen molar-refractivity contribution in [2.45, 2.75) is 24.7 Å². The molecule has 2 aliphatic heterocycles. The smallest absolute Gasteiger partial charge is 0.135 e. The maximum atomic E-state index is 6.90. The van der Waals surface area contributed by atoms with Crippen LogP contribution in [0, 0.1) is 18.8 Å². The summed E-state index contributed by atoms with van der Waals surface area (Å²) < 4.78 is 9.07. The zero-order chi connectivity index (χ0) is 42.7. The standard InChI is InChI=1S/C59H41N4O.Pt/c1-58(2)47-24-14-22-42(38-17-6-4-7-18-38)55(47)59(56-43(23-15-25-48(56)58)39-19-8-5-9-20-39)46-33-31-41(36-53(46)62-37-61(3)51-28-16-26-49(59)57(51)62)64-40-30-32-45-44-21-10-11-27-50(44)63(52(45)35-40)54-29-12-13-34-60-54;/h4-34,37H,1-3H3;/q-3;. The molecule has 2 aromatic heterocycles. The first-order chi connectivity index (χ1) is 31.4. The van der Waals surface area contributed by atoms with Crippen LogP contribution in [0.2, 0.25) is 0 Å². The largest absolute Gasteiger partial charge is 0.509 e. The molecule has 10 aromatic rings. The third-order valence-electron chi connectivity index (χ3n) is 13.9. The van der Waals surface area contributed by atoms with E-state index in [0.29, 0.717) is 11.5 Å². The summed E-state index contributed by atoms with van der Waals surface area (Å²) >= 11 is 0. The Kier molecular flexibility index (Phi) is 8.89. The number of nitrogens with zero attached hydrogens (tertiary/aromatic N) is 4. The molecule has 0 fully saturated rings. The Morgan fingerprint density at radius 3 is 1.86 bits per heavy atom. The Morgan fingerprint density at radius 1 is 0.554 bits per heavy atom. The van der Waals surface area contributed by atoms with E-state index in [1.165, 1.54) is 50.1 Å². The van der Waals surface area contributed by atoms with Crippen molar-refractivity contribution in [1.82, 2.24) is 9.55 Å². The number of fused-ring (bicyclic) bond motifs is 11. The van der Waals surface area contributed by atoms with E-state index in [1.807, 2.05) is 30.5 Å². The van der Waals surface area contributed by atoms with E-state index in [1.54, 1.807) is 0 Å². The van der Waals surface area contributed by atoms with Crippen LogP contribution in [0.25, 0.3) is 49.9 Å². The molecule has 0 saturated carbocycles. The summed E-state index contributed by atoms with van der Waals surface area (Å²) in [6.07, 6.45) is 1.83. The number of hydrogen-bond donors (Lipinski definition) is 0. The van der Waals surface area contributed by atoms with Crippen LogP contribution in [-0.4, -0.2) is 16.6 Å². The molecule has 1 spiro atoms. The van der Waals surface area contributed by atoms with Gasteiger partial charge in [-0.2, -0.15) is 18.8 Å². The predicted octanol–water partition coefficient (Wildman–Crippen LogP) is 13.9. The molecule has 0 amide bonds. The van der Waals surface area contributed by atoms with E-state index in [9.17, 15) is 0 Å². The second kappa shape index (κ2) is 14.7. The molecule has 6 heteroatoms. The van der Waals surface area contributed by atoms with Gasteiger partial charge in [0.05, 0.1) is 0 Å². The quantitative estimate of drug-likeness (QED) is 0.161. The summed E-state index contributed by atoms with van der Waals surface area (Å²) in [6.45, 7) is 7.00. The molecule has 1 aliphatic carbocycles. The van der Waals surface area contributed by atoms with E-state index in [-0.39, 0.29) is 26.5 Å². The molecule has 4 heterocycles. The Hall–Kier alpha value is -7.20. The molecule has 8 aromatic carbocycles.